The molecular weight excluding hydrogens is 192 g/mol. The van der Waals surface area contributed by atoms with Gasteiger partial charge in [-0.25, -0.2) is 0 Å². The molecule has 0 aliphatic heterocycles. The second-order valence-corrected chi connectivity index (χ2v) is 5.72. The lowest BCUT2D eigenvalue weighted by Crippen LogP contribution is -2.06. The largest absolute Gasteiger partial charge is 0.410 e. The summed E-state index contributed by atoms with van der Waals surface area (Å²) in [6.45, 7) is 3.86. The predicted octanol–water partition coefficient (Wildman–Crippen LogP) is 2.53. The molecule has 0 aromatic heterocycles. The molecule has 0 heterocycles. The van der Waals surface area contributed by atoms with Crippen molar-refractivity contribution in [1.29, 1.82) is 0 Å². The zero-order valence-corrected chi connectivity index (χ0v) is 8.54. The number of thiol groups is 2. The molecule has 0 rings (SSSR count). The third-order valence-corrected chi connectivity index (χ3v) is 2.19. The summed E-state index contributed by atoms with van der Waals surface area (Å²) in [6.07, 6.45) is 0. The lowest BCUT2D eigenvalue weighted by atomic mass is 10.5. The van der Waals surface area contributed by atoms with Crippen LogP contribution < -0.4 is 0 Å². The summed E-state index contributed by atoms with van der Waals surface area (Å²) < 4.78 is 4.69. The minimum Gasteiger partial charge on any atom is -0.410 e. The fraction of sp³-hybridized carbons (Fsp3) is 0.750. The lowest BCUT2D eigenvalue weighted by molar-refractivity contribution is 0.694. The SMILES string of the molecule is CC(C)(S)SC(=S)OS. The van der Waals surface area contributed by atoms with Gasteiger partial charge in [0.15, 0.2) is 0 Å². The second-order valence-electron chi connectivity index (χ2n) is 1.89. The third-order valence-electron chi connectivity index (χ3n) is 0.408. The molecule has 0 aromatic carbocycles. The Morgan fingerprint density at radius 1 is 1.67 bits per heavy atom. The van der Waals surface area contributed by atoms with Gasteiger partial charge in [0.05, 0.1) is 4.08 Å². The van der Waals surface area contributed by atoms with E-state index in [0.717, 1.165) is 0 Å². The van der Waals surface area contributed by atoms with Gasteiger partial charge < -0.3 is 4.18 Å². The van der Waals surface area contributed by atoms with Crippen LogP contribution in [0.4, 0.5) is 0 Å². The van der Waals surface area contributed by atoms with E-state index in [-0.39, 0.29) is 4.08 Å². The average molecular weight is 200 g/mol. The summed E-state index contributed by atoms with van der Waals surface area (Å²) in [5.41, 5.74) is 0. The lowest BCUT2D eigenvalue weighted by Gasteiger charge is -2.14. The van der Waals surface area contributed by atoms with Crippen molar-refractivity contribution in [1.82, 2.24) is 0 Å². The van der Waals surface area contributed by atoms with Gasteiger partial charge in [-0.05, 0) is 26.1 Å². The van der Waals surface area contributed by atoms with E-state index < -0.39 is 0 Å². The summed E-state index contributed by atoms with van der Waals surface area (Å²) >= 11 is 13.8. The molecule has 0 aliphatic carbocycles. The summed E-state index contributed by atoms with van der Waals surface area (Å²) in [5, 5.41) is 0. The Hall–Kier alpha value is 0.940. The van der Waals surface area contributed by atoms with Crippen molar-refractivity contribution in [3.63, 3.8) is 0 Å². The maximum atomic E-state index is 4.72. The first kappa shape index (κ1) is 9.94. The van der Waals surface area contributed by atoms with Gasteiger partial charge in [0.25, 0.3) is 0 Å². The van der Waals surface area contributed by atoms with Crippen LogP contribution in [-0.2, 0) is 4.18 Å². The third kappa shape index (κ3) is 6.83. The standard InChI is InChI=1S/C4H8OS4/c1-4(2,7)9-3(6)5-8/h7-8H,1-2H3. The predicted molar refractivity (Wildman–Crippen MR) is 53.3 cm³/mol. The van der Waals surface area contributed by atoms with Crippen LogP contribution in [-0.4, -0.2) is 8.46 Å². The molecule has 0 aromatic rings. The summed E-state index contributed by atoms with van der Waals surface area (Å²) in [6, 6.07) is 0. The van der Waals surface area contributed by atoms with Gasteiger partial charge >= 0.3 is 0 Å². The molecule has 1 nitrogen and oxygen atoms in total. The number of hydrogen-bond donors (Lipinski definition) is 2. The maximum Gasteiger partial charge on any atom is 0.235 e. The average Bonchev–Trinajstić information content (AvgIpc) is 1.62. The molecule has 0 atom stereocenters. The molecule has 9 heavy (non-hydrogen) atoms. The van der Waals surface area contributed by atoms with E-state index in [0.29, 0.717) is 4.38 Å². The number of thioether (sulfide) groups is 1. The first-order valence-electron chi connectivity index (χ1n) is 2.22. The second kappa shape index (κ2) is 3.95. The van der Waals surface area contributed by atoms with E-state index in [1.807, 2.05) is 13.8 Å². The molecule has 0 amide bonds. The molecule has 5 heteroatoms. The van der Waals surface area contributed by atoms with Gasteiger partial charge in [-0.3, -0.25) is 0 Å². The monoisotopic (exact) mass is 200 g/mol. The smallest absolute Gasteiger partial charge is 0.235 e. The zero-order valence-electron chi connectivity index (χ0n) is 5.12. The van der Waals surface area contributed by atoms with Crippen LogP contribution in [0.2, 0.25) is 0 Å². The quantitative estimate of drug-likeness (QED) is 0.291. The Morgan fingerprint density at radius 2 is 2.11 bits per heavy atom. The van der Waals surface area contributed by atoms with Crippen molar-refractivity contribution in [3.8, 4) is 0 Å². The molecule has 0 unspecified atom stereocenters. The Balaban J connectivity index is 3.60. The van der Waals surface area contributed by atoms with Gasteiger partial charge in [0.1, 0.15) is 0 Å². The fourth-order valence-electron chi connectivity index (χ4n) is 0.223. The van der Waals surface area contributed by atoms with Crippen molar-refractivity contribution >= 4 is 53.9 Å². The van der Waals surface area contributed by atoms with Crippen LogP contribution in [0.5, 0.6) is 0 Å². The Morgan fingerprint density at radius 3 is 2.22 bits per heavy atom. The van der Waals surface area contributed by atoms with E-state index >= 15 is 0 Å². The summed E-state index contributed by atoms with van der Waals surface area (Å²) in [4.78, 5) is 0. The Bertz CT molecular complexity index is 106. The minimum atomic E-state index is -0.181. The fourth-order valence-corrected chi connectivity index (χ4v) is 1.84. The number of rotatable bonds is 1. The molecule has 0 spiro atoms. The van der Waals surface area contributed by atoms with Crippen molar-refractivity contribution in [2.75, 3.05) is 0 Å². The molecule has 0 radical (unpaired) electrons. The zero-order chi connectivity index (χ0) is 7.49. The van der Waals surface area contributed by atoms with E-state index in [9.17, 15) is 0 Å². The highest BCUT2D eigenvalue weighted by Gasteiger charge is 2.15. The van der Waals surface area contributed by atoms with Crippen LogP contribution in [0, 0.1) is 0 Å². The number of hydrogen-bond acceptors (Lipinski definition) is 5. The number of thiocarbonyl (C=S) groups is 1. The topological polar surface area (TPSA) is 9.23 Å². The van der Waals surface area contributed by atoms with Crippen LogP contribution in [0.25, 0.3) is 0 Å². The van der Waals surface area contributed by atoms with Crippen molar-refractivity contribution in [2.24, 2.45) is 0 Å². The van der Waals surface area contributed by atoms with Crippen LogP contribution in [0.1, 0.15) is 13.8 Å². The molecule has 0 bridgehead atoms. The van der Waals surface area contributed by atoms with Crippen molar-refractivity contribution in [2.45, 2.75) is 17.9 Å². The van der Waals surface area contributed by atoms with E-state index in [1.165, 1.54) is 11.8 Å². The van der Waals surface area contributed by atoms with Crippen molar-refractivity contribution < 1.29 is 4.18 Å². The van der Waals surface area contributed by atoms with E-state index in [2.05, 4.69) is 29.7 Å². The normalized spacial score (nSPS) is 11.1. The van der Waals surface area contributed by atoms with Gasteiger partial charge in [-0.1, -0.05) is 11.8 Å². The molecule has 0 saturated carbocycles. The van der Waals surface area contributed by atoms with E-state index in [4.69, 9.17) is 12.2 Å². The van der Waals surface area contributed by atoms with Gasteiger partial charge in [-0.2, -0.15) is 12.6 Å². The molecule has 0 N–H and O–H groups in total. The molecule has 0 fully saturated rings. The summed E-state index contributed by atoms with van der Waals surface area (Å²) in [5.74, 6) is 0. The first-order chi connectivity index (χ1) is 3.95. The highest BCUT2D eigenvalue weighted by molar-refractivity contribution is 8.28. The molecule has 0 saturated heterocycles. The van der Waals surface area contributed by atoms with Gasteiger partial charge in [0.2, 0.25) is 4.38 Å². The van der Waals surface area contributed by atoms with Gasteiger partial charge in [0, 0.05) is 12.9 Å². The minimum absolute atomic E-state index is 0.181. The van der Waals surface area contributed by atoms with Crippen molar-refractivity contribution in [3.05, 3.63) is 0 Å². The first-order valence-corrected chi connectivity index (χ1v) is 4.26. The molecule has 54 valence electrons. The molecular formula is C4H8OS4. The van der Waals surface area contributed by atoms with Gasteiger partial charge in [-0.15, -0.1) is 0 Å². The van der Waals surface area contributed by atoms with Crippen LogP contribution >= 0.6 is 49.5 Å². The Labute approximate surface area is 75.9 Å². The highest BCUT2D eigenvalue weighted by Crippen LogP contribution is 2.29. The molecule has 0 aliphatic rings. The Kier molecular flexibility index (Phi) is 4.37. The highest BCUT2D eigenvalue weighted by atomic mass is 32.2. The van der Waals surface area contributed by atoms with E-state index in [1.54, 1.807) is 0 Å². The van der Waals surface area contributed by atoms with Crippen LogP contribution in [0.15, 0.2) is 0 Å². The van der Waals surface area contributed by atoms with Crippen LogP contribution in [0.3, 0.4) is 0 Å². The summed E-state index contributed by atoms with van der Waals surface area (Å²) in [7, 11) is 0. The maximum absolute atomic E-state index is 4.72.